The van der Waals surface area contributed by atoms with Gasteiger partial charge in [-0.2, -0.15) is 0 Å². The van der Waals surface area contributed by atoms with Crippen molar-refractivity contribution in [2.45, 2.75) is 0 Å². The molecule has 3 aromatic carbocycles. The van der Waals surface area contributed by atoms with Gasteiger partial charge in [-0.25, -0.2) is 9.97 Å². The Hall–Kier alpha value is -3.90. The van der Waals surface area contributed by atoms with Crippen LogP contribution in [-0.2, 0) is 0 Å². The van der Waals surface area contributed by atoms with Crippen LogP contribution in [0.5, 0.6) is 5.75 Å². The molecule has 0 atom stereocenters. The molecule has 5 aromatic rings. The van der Waals surface area contributed by atoms with Crippen LogP contribution in [0.25, 0.3) is 20.7 Å². The average Bonchev–Trinajstić information content (AvgIpc) is 3.27. The summed E-state index contributed by atoms with van der Waals surface area (Å²) in [4.78, 5) is 10.1. The Morgan fingerprint density at radius 2 is 1.55 bits per heavy atom. The molecule has 0 amide bonds. The number of aromatic nitrogens is 2. The summed E-state index contributed by atoms with van der Waals surface area (Å²) in [5.41, 5.74) is 4.90. The third kappa shape index (κ3) is 4.06. The number of benzene rings is 3. The number of thiophene rings is 1. The molecule has 2 aromatic heterocycles. The van der Waals surface area contributed by atoms with Gasteiger partial charge in [0.1, 0.15) is 12.1 Å². The van der Waals surface area contributed by atoms with Crippen molar-refractivity contribution in [1.82, 2.24) is 9.97 Å². The van der Waals surface area contributed by atoms with Crippen LogP contribution in [0.3, 0.4) is 0 Å². The predicted molar refractivity (Wildman–Crippen MR) is 129 cm³/mol. The molecule has 0 aliphatic heterocycles. The number of nitrogens with one attached hydrogen (secondary N) is 2. The molecule has 152 valence electrons. The number of hydrogen-bond acceptors (Lipinski definition) is 6. The van der Waals surface area contributed by atoms with E-state index < -0.39 is 0 Å². The second-order valence-corrected chi connectivity index (χ2v) is 8.00. The topological polar surface area (TPSA) is 59.1 Å². The van der Waals surface area contributed by atoms with E-state index in [1.54, 1.807) is 24.8 Å². The highest BCUT2D eigenvalue weighted by Gasteiger charge is 2.12. The maximum Gasteiger partial charge on any atom is 0.151 e. The number of hydrogen-bond donors (Lipinski definition) is 2. The van der Waals surface area contributed by atoms with Crippen LogP contribution in [0.2, 0.25) is 0 Å². The maximum absolute atomic E-state index is 5.61. The molecule has 2 N–H and O–H groups in total. The maximum atomic E-state index is 5.61. The normalized spacial score (nSPS) is 10.7. The molecule has 0 saturated heterocycles. The largest absolute Gasteiger partial charge is 0.494 e. The van der Waals surface area contributed by atoms with E-state index in [9.17, 15) is 0 Å². The third-order valence-corrected chi connectivity index (χ3v) is 6.07. The van der Waals surface area contributed by atoms with Crippen LogP contribution < -0.4 is 15.4 Å². The fourth-order valence-electron chi connectivity index (χ4n) is 3.37. The molecular formula is C25H20N4OS. The monoisotopic (exact) mass is 424 g/mol. The standard InChI is InChI=1S/C25H20N4OS/c1-30-22-14-19(12-13-20(22)28-18-10-6-3-7-11-18)29-25-24-21(26-16-27-25)15-23(31-24)17-8-4-2-5-9-17/h2-16,28H,1H3,(H,26,27,29). The van der Waals surface area contributed by atoms with Gasteiger partial charge in [0, 0.05) is 22.3 Å². The Bertz CT molecular complexity index is 1320. The molecule has 5 nitrogen and oxygen atoms in total. The molecule has 0 aliphatic rings. The number of para-hydroxylation sites is 1. The van der Waals surface area contributed by atoms with Crippen LogP contribution in [0, 0.1) is 0 Å². The SMILES string of the molecule is COc1cc(Nc2ncnc3cc(-c4ccccc4)sc23)ccc1Nc1ccccc1. The Morgan fingerprint density at radius 3 is 2.32 bits per heavy atom. The van der Waals surface area contributed by atoms with Gasteiger partial charge in [0.2, 0.25) is 0 Å². The molecule has 5 rings (SSSR count). The van der Waals surface area contributed by atoms with Gasteiger partial charge in [0.25, 0.3) is 0 Å². The molecule has 0 spiro atoms. The molecule has 0 saturated carbocycles. The van der Waals surface area contributed by atoms with Crippen LogP contribution in [0.15, 0.2) is 91.3 Å². The molecule has 0 fully saturated rings. The average molecular weight is 425 g/mol. The van der Waals surface area contributed by atoms with E-state index >= 15 is 0 Å². The Morgan fingerprint density at radius 1 is 0.774 bits per heavy atom. The van der Waals surface area contributed by atoms with E-state index in [4.69, 9.17) is 4.74 Å². The van der Waals surface area contributed by atoms with Crippen LogP contribution in [0.1, 0.15) is 0 Å². The van der Waals surface area contributed by atoms with Crippen molar-refractivity contribution >= 4 is 44.4 Å². The molecule has 6 heteroatoms. The Kier molecular flexibility index (Phi) is 5.21. The molecular weight excluding hydrogens is 404 g/mol. The smallest absolute Gasteiger partial charge is 0.151 e. The lowest BCUT2D eigenvalue weighted by molar-refractivity contribution is 0.417. The molecule has 0 radical (unpaired) electrons. The first kappa shape index (κ1) is 19.1. The van der Waals surface area contributed by atoms with E-state index in [-0.39, 0.29) is 0 Å². The number of methoxy groups -OCH3 is 1. The van der Waals surface area contributed by atoms with Crippen molar-refractivity contribution < 1.29 is 4.74 Å². The summed E-state index contributed by atoms with van der Waals surface area (Å²) in [7, 11) is 1.67. The fraction of sp³-hybridized carbons (Fsp3) is 0.0400. The fourth-order valence-corrected chi connectivity index (χ4v) is 4.44. The first-order chi connectivity index (χ1) is 15.3. The first-order valence-electron chi connectivity index (χ1n) is 9.87. The summed E-state index contributed by atoms with van der Waals surface area (Å²) in [6, 6.07) is 28.4. The van der Waals surface area contributed by atoms with Gasteiger partial charge in [0.15, 0.2) is 5.82 Å². The number of nitrogens with zero attached hydrogens (tertiary/aromatic N) is 2. The lowest BCUT2D eigenvalue weighted by Gasteiger charge is -2.14. The number of ether oxygens (including phenoxy) is 1. The van der Waals surface area contributed by atoms with Crippen LogP contribution in [-0.4, -0.2) is 17.1 Å². The number of rotatable bonds is 6. The molecule has 0 bridgehead atoms. The van der Waals surface area contributed by atoms with Crippen LogP contribution >= 0.6 is 11.3 Å². The lowest BCUT2D eigenvalue weighted by Crippen LogP contribution is -1.98. The summed E-state index contributed by atoms with van der Waals surface area (Å²) in [5, 5.41) is 6.82. The first-order valence-corrected chi connectivity index (χ1v) is 10.7. The second-order valence-electron chi connectivity index (χ2n) is 6.94. The van der Waals surface area contributed by atoms with Gasteiger partial charge in [0.05, 0.1) is 23.0 Å². The Balaban J connectivity index is 1.45. The summed E-state index contributed by atoms with van der Waals surface area (Å²) < 4.78 is 6.63. The predicted octanol–water partition coefficient (Wildman–Crippen LogP) is 6.85. The lowest BCUT2D eigenvalue weighted by atomic mass is 10.2. The van der Waals surface area contributed by atoms with E-state index in [0.29, 0.717) is 0 Å². The molecule has 2 heterocycles. The number of anilines is 4. The number of fused-ring (bicyclic) bond motifs is 1. The summed E-state index contributed by atoms with van der Waals surface area (Å²) in [6.07, 6.45) is 1.59. The minimum absolute atomic E-state index is 0.746. The van der Waals surface area contributed by atoms with Gasteiger partial charge in [-0.05, 0) is 35.9 Å². The quantitative estimate of drug-likeness (QED) is 0.312. The zero-order valence-electron chi connectivity index (χ0n) is 16.9. The van der Waals surface area contributed by atoms with Crippen molar-refractivity contribution in [3.8, 4) is 16.2 Å². The summed E-state index contributed by atoms with van der Waals surface area (Å²) >= 11 is 1.68. The third-order valence-electron chi connectivity index (χ3n) is 4.89. The molecule has 31 heavy (non-hydrogen) atoms. The van der Waals surface area contributed by atoms with Gasteiger partial charge in [-0.1, -0.05) is 48.5 Å². The summed E-state index contributed by atoms with van der Waals surface area (Å²) in [6.45, 7) is 0. The highest BCUT2D eigenvalue weighted by molar-refractivity contribution is 7.22. The van der Waals surface area contributed by atoms with Crippen molar-refractivity contribution in [2.75, 3.05) is 17.7 Å². The zero-order chi connectivity index (χ0) is 21.0. The van der Waals surface area contributed by atoms with E-state index in [1.807, 2.05) is 66.7 Å². The summed E-state index contributed by atoms with van der Waals surface area (Å²) in [5.74, 6) is 1.53. The molecule has 0 unspecified atom stereocenters. The van der Waals surface area contributed by atoms with E-state index in [2.05, 4.69) is 38.8 Å². The highest BCUT2D eigenvalue weighted by Crippen LogP contribution is 2.37. The van der Waals surface area contributed by atoms with Gasteiger partial charge >= 0.3 is 0 Å². The van der Waals surface area contributed by atoms with Crippen molar-refractivity contribution in [3.63, 3.8) is 0 Å². The zero-order valence-corrected chi connectivity index (χ0v) is 17.7. The van der Waals surface area contributed by atoms with Gasteiger partial charge in [-0.15, -0.1) is 11.3 Å². The van der Waals surface area contributed by atoms with Crippen LogP contribution in [0.4, 0.5) is 22.9 Å². The van der Waals surface area contributed by atoms with Gasteiger partial charge in [-0.3, -0.25) is 0 Å². The second kappa shape index (κ2) is 8.45. The van der Waals surface area contributed by atoms with E-state index in [1.165, 1.54) is 10.4 Å². The van der Waals surface area contributed by atoms with Crippen molar-refractivity contribution in [3.05, 3.63) is 91.3 Å². The van der Waals surface area contributed by atoms with Gasteiger partial charge < -0.3 is 15.4 Å². The van der Waals surface area contributed by atoms with Crippen molar-refractivity contribution in [1.29, 1.82) is 0 Å². The van der Waals surface area contributed by atoms with E-state index in [0.717, 1.165) is 38.8 Å². The highest BCUT2D eigenvalue weighted by atomic mass is 32.1. The molecule has 0 aliphatic carbocycles. The minimum Gasteiger partial charge on any atom is -0.494 e. The minimum atomic E-state index is 0.746. The Labute approximate surface area is 184 Å². The van der Waals surface area contributed by atoms with Crippen molar-refractivity contribution in [2.24, 2.45) is 0 Å².